The summed E-state index contributed by atoms with van der Waals surface area (Å²) in [5, 5.41) is 3.20. The first-order chi connectivity index (χ1) is 11.1. The highest BCUT2D eigenvalue weighted by atomic mass is 32.1. The van der Waals surface area contributed by atoms with Crippen molar-refractivity contribution in [3.63, 3.8) is 0 Å². The summed E-state index contributed by atoms with van der Waals surface area (Å²) in [5.41, 5.74) is 0.790. The van der Waals surface area contributed by atoms with E-state index in [1.54, 1.807) is 30.6 Å². The van der Waals surface area contributed by atoms with Crippen molar-refractivity contribution in [3.8, 4) is 5.75 Å². The van der Waals surface area contributed by atoms with Gasteiger partial charge in [-0.3, -0.25) is 4.90 Å². The second-order valence-electron chi connectivity index (χ2n) is 5.95. The lowest BCUT2D eigenvalue weighted by Gasteiger charge is -2.28. The molecule has 0 N–H and O–H groups in total. The molecule has 2 heterocycles. The van der Waals surface area contributed by atoms with Crippen molar-refractivity contribution >= 4 is 11.3 Å². The van der Waals surface area contributed by atoms with E-state index < -0.39 is 0 Å². The van der Waals surface area contributed by atoms with Crippen LogP contribution in [0.5, 0.6) is 5.75 Å². The Labute approximate surface area is 139 Å². The Hall–Kier alpha value is -1.50. The van der Waals surface area contributed by atoms with E-state index in [9.17, 15) is 4.39 Å². The molecule has 23 heavy (non-hydrogen) atoms. The number of hydrogen-bond acceptors (Lipinski definition) is 5. The van der Waals surface area contributed by atoms with E-state index in [0.717, 1.165) is 36.8 Å². The number of thiazole rings is 1. The molecule has 1 atom stereocenters. The Balaban J connectivity index is 1.57. The van der Waals surface area contributed by atoms with Gasteiger partial charge in [0.1, 0.15) is 23.8 Å². The van der Waals surface area contributed by atoms with E-state index in [4.69, 9.17) is 9.47 Å². The van der Waals surface area contributed by atoms with Crippen LogP contribution in [-0.4, -0.2) is 42.3 Å². The Kier molecular flexibility index (Phi) is 4.94. The molecule has 124 valence electrons. The number of likely N-dealkylation sites (tertiary alicyclic amines) is 1. The standard InChI is InChI=1S/C17H21FN2O2S/c1-13-19-15(10-23-13)9-20-8-7-17(11-20,21-2)12-22-16-5-3-14(18)4-6-16/h3-6,10H,7-9,11-12H2,1-2H3. The molecule has 0 spiro atoms. The Morgan fingerprint density at radius 3 is 2.78 bits per heavy atom. The zero-order chi connectivity index (χ0) is 16.3. The lowest BCUT2D eigenvalue weighted by molar-refractivity contribution is -0.0360. The number of halogens is 1. The molecule has 0 saturated carbocycles. The SMILES string of the molecule is COC1(COc2ccc(F)cc2)CCN(Cc2csc(C)n2)C1. The van der Waals surface area contributed by atoms with Crippen LogP contribution in [-0.2, 0) is 11.3 Å². The van der Waals surface area contributed by atoms with Crippen molar-refractivity contribution in [2.75, 3.05) is 26.8 Å². The third-order valence-corrected chi connectivity index (χ3v) is 5.02. The van der Waals surface area contributed by atoms with Crippen LogP contribution in [0.15, 0.2) is 29.6 Å². The smallest absolute Gasteiger partial charge is 0.123 e. The number of hydrogen-bond donors (Lipinski definition) is 0. The summed E-state index contributed by atoms with van der Waals surface area (Å²) in [4.78, 5) is 6.86. The fourth-order valence-electron chi connectivity index (χ4n) is 2.86. The summed E-state index contributed by atoms with van der Waals surface area (Å²) in [6, 6.07) is 6.09. The lowest BCUT2D eigenvalue weighted by Crippen LogP contribution is -2.41. The lowest BCUT2D eigenvalue weighted by atomic mass is 10.0. The topological polar surface area (TPSA) is 34.6 Å². The quantitative estimate of drug-likeness (QED) is 0.811. The van der Waals surface area contributed by atoms with E-state index in [0.29, 0.717) is 12.4 Å². The minimum absolute atomic E-state index is 0.260. The normalized spacial score (nSPS) is 21.7. The first-order valence-corrected chi connectivity index (χ1v) is 8.53. The van der Waals surface area contributed by atoms with Crippen LogP contribution >= 0.6 is 11.3 Å². The van der Waals surface area contributed by atoms with Gasteiger partial charge in [-0.2, -0.15) is 0 Å². The second-order valence-corrected chi connectivity index (χ2v) is 7.01. The van der Waals surface area contributed by atoms with Gasteiger partial charge in [0.2, 0.25) is 0 Å². The zero-order valence-corrected chi connectivity index (χ0v) is 14.2. The van der Waals surface area contributed by atoms with Crippen molar-refractivity contribution < 1.29 is 13.9 Å². The fraction of sp³-hybridized carbons (Fsp3) is 0.471. The van der Waals surface area contributed by atoms with Crippen LogP contribution in [0.25, 0.3) is 0 Å². The van der Waals surface area contributed by atoms with Gasteiger partial charge >= 0.3 is 0 Å². The maximum Gasteiger partial charge on any atom is 0.123 e. The van der Waals surface area contributed by atoms with Crippen LogP contribution in [0.4, 0.5) is 4.39 Å². The molecule has 1 unspecified atom stereocenters. The Morgan fingerprint density at radius 2 is 2.13 bits per heavy atom. The number of aryl methyl sites for hydroxylation is 1. The van der Waals surface area contributed by atoms with Gasteiger partial charge in [-0.1, -0.05) is 0 Å². The monoisotopic (exact) mass is 336 g/mol. The predicted octanol–water partition coefficient (Wildman–Crippen LogP) is 3.26. The minimum atomic E-state index is -0.320. The van der Waals surface area contributed by atoms with Gasteiger partial charge in [-0.15, -0.1) is 11.3 Å². The van der Waals surface area contributed by atoms with Crippen molar-refractivity contribution in [2.45, 2.75) is 25.5 Å². The highest BCUT2D eigenvalue weighted by Crippen LogP contribution is 2.27. The van der Waals surface area contributed by atoms with Crippen molar-refractivity contribution in [1.82, 2.24) is 9.88 Å². The molecule has 0 aliphatic carbocycles. The highest BCUT2D eigenvalue weighted by molar-refractivity contribution is 7.09. The Bertz CT molecular complexity index is 646. The molecular weight excluding hydrogens is 315 g/mol. The summed E-state index contributed by atoms with van der Waals surface area (Å²) in [6.07, 6.45) is 0.911. The Morgan fingerprint density at radius 1 is 1.35 bits per heavy atom. The molecule has 1 aliphatic rings. The van der Waals surface area contributed by atoms with E-state index in [-0.39, 0.29) is 11.4 Å². The summed E-state index contributed by atoms with van der Waals surface area (Å²) < 4.78 is 24.5. The number of methoxy groups -OCH3 is 1. The maximum absolute atomic E-state index is 12.9. The molecule has 0 amide bonds. The van der Waals surface area contributed by atoms with Gasteiger partial charge in [0.15, 0.2) is 0 Å². The number of nitrogens with zero attached hydrogens (tertiary/aromatic N) is 2. The van der Waals surface area contributed by atoms with Crippen molar-refractivity contribution in [3.05, 3.63) is 46.2 Å². The van der Waals surface area contributed by atoms with Crippen LogP contribution in [0.1, 0.15) is 17.1 Å². The summed E-state index contributed by atoms with van der Waals surface area (Å²) in [7, 11) is 1.73. The molecular formula is C17H21FN2O2S. The van der Waals surface area contributed by atoms with Crippen molar-refractivity contribution in [2.24, 2.45) is 0 Å². The minimum Gasteiger partial charge on any atom is -0.491 e. The molecule has 0 radical (unpaired) electrons. The van der Waals surface area contributed by atoms with Crippen LogP contribution < -0.4 is 4.74 Å². The molecule has 1 aromatic carbocycles. The van der Waals surface area contributed by atoms with Crippen LogP contribution in [0.2, 0.25) is 0 Å². The van der Waals surface area contributed by atoms with E-state index >= 15 is 0 Å². The largest absolute Gasteiger partial charge is 0.491 e. The first kappa shape index (κ1) is 16.4. The molecule has 0 bridgehead atoms. The summed E-state index contributed by atoms with van der Waals surface area (Å²) in [5.74, 6) is 0.404. The number of benzene rings is 1. The second kappa shape index (κ2) is 6.95. The van der Waals surface area contributed by atoms with Gasteiger partial charge in [0, 0.05) is 32.1 Å². The third kappa shape index (κ3) is 4.07. The molecule has 1 fully saturated rings. The summed E-state index contributed by atoms with van der Waals surface area (Å²) in [6.45, 7) is 5.08. The zero-order valence-electron chi connectivity index (χ0n) is 13.4. The number of rotatable bonds is 6. The fourth-order valence-corrected chi connectivity index (χ4v) is 3.47. The molecule has 1 aliphatic heterocycles. The van der Waals surface area contributed by atoms with E-state index in [1.165, 1.54) is 12.1 Å². The van der Waals surface area contributed by atoms with Crippen LogP contribution in [0.3, 0.4) is 0 Å². The van der Waals surface area contributed by atoms with Gasteiger partial charge in [-0.25, -0.2) is 9.37 Å². The molecule has 6 heteroatoms. The van der Waals surface area contributed by atoms with E-state index in [1.807, 2.05) is 6.92 Å². The first-order valence-electron chi connectivity index (χ1n) is 7.65. The predicted molar refractivity (Wildman–Crippen MR) is 88.4 cm³/mol. The number of aromatic nitrogens is 1. The number of ether oxygens (including phenoxy) is 2. The molecule has 4 nitrogen and oxygen atoms in total. The molecule has 3 rings (SSSR count). The molecule has 2 aromatic rings. The summed E-state index contributed by atoms with van der Waals surface area (Å²) >= 11 is 1.68. The van der Waals surface area contributed by atoms with Gasteiger partial charge in [-0.05, 0) is 37.6 Å². The average Bonchev–Trinajstić information content (AvgIpc) is 3.14. The van der Waals surface area contributed by atoms with E-state index in [2.05, 4.69) is 15.3 Å². The molecule has 1 saturated heterocycles. The van der Waals surface area contributed by atoms with Crippen molar-refractivity contribution in [1.29, 1.82) is 0 Å². The van der Waals surface area contributed by atoms with Gasteiger partial charge < -0.3 is 9.47 Å². The molecule has 1 aromatic heterocycles. The third-order valence-electron chi connectivity index (χ3n) is 4.20. The average molecular weight is 336 g/mol. The highest BCUT2D eigenvalue weighted by Gasteiger charge is 2.39. The van der Waals surface area contributed by atoms with Gasteiger partial charge in [0.25, 0.3) is 0 Å². The van der Waals surface area contributed by atoms with Gasteiger partial charge in [0.05, 0.1) is 10.7 Å². The maximum atomic E-state index is 12.9. The van der Waals surface area contributed by atoms with Crippen LogP contribution in [0, 0.1) is 12.7 Å².